The van der Waals surface area contributed by atoms with Gasteiger partial charge in [-0.2, -0.15) is 0 Å². The fourth-order valence-corrected chi connectivity index (χ4v) is 2.99. The molecule has 7 heteroatoms. The number of rotatable bonds is 5. The van der Waals surface area contributed by atoms with Crippen molar-refractivity contribution >= 4 is 44.8 Å². The summed E-state index contributed by atoms with van der Waals surface area (Å²) in [6, 6.07) is 8.00. The standard InChI is InChI=1S/C14H13BrN2O3S/c15-8-3-4-10(16)9(6-8)14(20)17-11(7-13(18)19)12-2-1-5-21-12/h1-6,11H,7,16H2,(H,17,20)(H,18,19). The number of benzene rings is 1. The Morgan fingerprint density at radius 3 is 2.76 bits per heavy atom. The average Bonchev–Trinajstić information content (AvgIpc) is 2.94. The van der Waals surface area contributed by atoms with Crippen molar-refractivity contribution in [1.29, 1.82) is 0 Å². The van der Waals surface area contributed by atoms with E-state index in [0.29, 0.717) is 11.3 Å². The largest absolute Gasteiger partial charge is 0.481 e. The molecule has 110 valence electrons. The van der Waals surface area contributed by atoms with Crippen LogP contribution in [0.5, 0.6) is 0 Å². The Morgan fingerprint density at radius 2 is 2.14 bits per heavy atom. The topological polar surface area (TPSA) is 92.4 Å². The number of hydrogen-bond donors (Lipinski definition) is 3. The molecule has 0 saturated carbocycles. The second-order valence-electron chi connectivity index (χ2n) is 4.37. The van der Waals surface area contributed by atoms with Crippen LogP contribution < -0.4 is 11.1 Å². The van der Waals surface area contributed by atoms with Crippen molar-refractivity contribution in [2.24, 2.45) is 0 Å². The molecule has 4 N–H and O–H groups in total. The van der Waals surface area contributed by atoms with E-state index in [1.807, 2.05) is 11.4 Å². The molecule has 5 nitrogen and oxygen atoms in total. The molecular weight excluding hydrogens is 356 g/mol. The van der Waals surface area contributed by atoms with Crippen LogP contribution in [0.2, 0.25) is 0 Å². The molecule has 0 aliphatic heterocycles. The Kier molecular flexibility index (Phi) is 4.98. The van der Waals surface area contributed by atoms with Gasteiger partial charge in [0, 0.05) is 15.0 Å². The number of carbonyl (C=O) groups excluding carboxylic acids is 1. The van der Waals surface area contributed by atoms with Gasteiger partial charge in [-0.1, -0.05) is 22.0 Å². The number of nitrogens with two attached hydrogens (primary N) is 1. The van der Waals surface area contributed by atoms with Crippen molar-refractivity contribution in [2.45, 2.75) is 12.5 Å². The minimum absolute atomic E-state index is 0.180. The monoisotopic (exact) mass is 368 g/mol. The van der Waals surface area contributed by atoms with Crippen molar-refractivity contribution in [2.75, 3.05) is 5.73 Å². The van der Waals surface area contributed by atoms with Gasteiger partial charge >= 0.3 is 5.97 Å². The highest BCUT2D eigenvalue weighted by Crippen LogP contribution is 2.24. The maximum absolute atomic E-state index is 12.3. The zero-order chi connectivity index (χ0) is 15.4. The van der Waals surface area contributed by atoms with E-state index in [2.05, 4.69) is 21.2 Å². The quantitative estimate of drug-likeness (QED) is 0.707. The number of aliphatic carboxylic acids is 1. The second-order valence-corrected chi connectivity index (χ2v) is 6.27. The van der Waals surface area contributed by atoms with Crippen LogP contribution in [0.25, 0.3) is 0 Å². The van der Waals surface area contributed by atoms with Gasteiger partial charge in [0.2, 0.25) is 0 Å². The summed E-state index contributed by atoms with van der Waals surface area (Å²) in [6.07, 6.45) is -0.180. The van der Waals surface area contributed by atoms with Crippen molar-refractivity contribution in [1.82, 2.24) is 5.32 Å². The zero-order valence-electron chi connectivity index (χ0n) is 10.9. The minimum Gasteiger partial charge on any atom is -0.481 e. The number of carboxylic acid groups (broad SMARTS) is 1. The summed E-state index contributed by atoms with van der Waals surface area (Å²) in [4.78, 5) is 24.1. The summed E-state index contributed by atoms with van der Waals surface area (Å²) in [5.74, 6) is -1.37. The lowest BCUT2D eigenvalue weighted by molar-refractivity contribution is -0.137. The van der Waals surface area contributed by atoms with Gasteiger partial charge in [0.05, 0.1) is 18.0 Å². The fraction of sp³-hybridized carbons (Fsp3) is 0.143. The van der Waals surface area contributed by atoms with Crippen molar-refractivity contribution in [3.05, 3.63) is 50.6 Å². The van der Waals surface area contributed by atoms with E-state index in [1.54, 1.807) is 24.3 Å². The number of halogens is 1. The van der Waals surface area contributed by atoms with Gasteiger partial charge in [-0.05, 0) is 29.6 Å². The number of nitrogen functional groups attached to an aromatic ring is 1. The maximum Gasteiger partial charge on any atom is 0.305 e. The van der Waals surface area contributed by atoms with Crippen LogP contribution in [-0.4, -0.2) is 17.0 Å². The Morgan fingerprint density at radius 1 is 1.38 bits per heavy atom. The molecule has 0 saturated heterocycles. The average molecular weight is 369 g/mol. The Bertz CT molecular complexity index is 658. The lowest BCUT2D eigenvalue weighted by Gasteiger charge is -2.16. The smallest absolute Gasteiger partial charge is 0.305 e. The van der Waals surface area contributed by atoms with Crippen LogP contribution in [0.15, 0.2) is 40.2 Å². The van der Waals surface area contributed by atoms with Crippen molar-refractivity contribution in [3.63, 3.8) is 0 Å². The second kappa shape index (κ2) is 6.73. The number of anilines is 1. The third-order valence-electron chi connectivity index (χ3n) is 2.83. The van der Waals surface area contributed by atoms with Crippen molar-refractivity contribution < 1.29 is 14.7 Å². The normalized spacial score (nSPS) is 11.9. The Hall–Kier alpha value is -1.86. The molecule has 1 aromatic carbocycles. The van der Waals surface area contributed by atoms with E-state index in [0.717, 1.165) is 9.35 Å². The number of carbonyl (C=O) groups is 2. The van der Waals surface area contributed by atoms with E-state index < -0.39 is 17.9 Å². The summed E-state index contributed by atoms with van der Waals surface area (Å²) >= 11 is 4.68. The van der Waals surface area contributed by atoms with Crippen LogP contribution in [0.4, 0.5) is 5.69 Å². The molecule has 1 unspecified atom stereocenters. The summed E-state index contributed by atoms with van der Waals surface area (Å²) < 4.78 is 0.729. The third-order valence-corrected chi connectivity index (χ3v) is 4.31. The van der Waals surface area contributed by atoms with Gasteiger partial charge in [0.1, 0.15) is 0 Å². The third kappa shape index (κ3) is 4.05. The number of nitrogens with one attached hydrogen (secondary N) is 1. The highest BCUT2D eigenvalue weighted by Gasteiger charge is 2.21. The zero-order valence-corrected chi connectivity index (χ0v) is 13.3. The molecule has 0 bridgehead atoms. The van der Waals surface area contributed by atoms with Crippen LogP contribution >= 0.6 is 27.3 Å². The number of amides is 1. The molecule has 1 atom stereocenters. The van der Waals surface area contributed by atoms with E-state index in [4.69, 9.17) is 10.8 Å². The molecule has 2 rings (SSSR count). The van der Waals surface area contributed by atoms with Crippen LogP contribution in [0.3, 0.4) is 0 Å². The van der Waals surface area contributed by atoms with Gasteiger partial charge in [0.15, 0.2) is 0 Å². The molecule has 0 fully saturated rings. The molecule has 1 amide bonds. The molecule has 1 heterocycles. The predicted molar refractivity (Wildman–Crippen MR) is 85.3 cm³/mol. The van der Waals surface area contributed by atoms with Crippen LogP contribution in [-0.2, 0) is 4.79 Å². The highest BCUT2D eigenvalue weighted by molar-refractivity contribution is 9.10. The van der Waals surface area contributed by atoms with E-state index in [-0.39, 0.29) is 6.42 Å². The molecule has 0 aliphatic carbocycles. The minimum atomic E-state index is -0.976. The summed E-state index contributed by atoms with van der Waals surface area (Å²) in [6.45, 7) is 0. The Balaban J connectivity index is 2.22. The first-order valence-electron chi connectivity index (χ1n) is 6.08. The van der Waals surface area contributed by atoms with Gasteiger partial charge in [-0.25, -0.2) is 0 Å². The van der Waals surface area contributed by atoms with Gasteiger partial charge < -0.3 is 16.2 Å². The summed E-state index contributed by atoms with van der Waals surface area (Å²) in [5, 5.41) is 13.5. The molecular formula is C14H13BrN2O3S. The molecule has 0 spiro atoms. The highest BCUT2D eigenvalue weighted by atomic mass is 79.9. The molecule has 21 heavy (non-hydrogen) atoms. The number of hydrogen-bond acceptors (Lipinski definition) is 4. The first-order valence-corrected chi connectivity index (χ1v) is 7.75. The van der Waals surface area contributed by atoms with Gasteiger partial charge in [-0.3, -0.25) is 9.59 Å². The van der Waals surface area contributed by atoms with E-state index in [1.165, 1.54) is 11.3 Å². The first-order chi connectivity index (χ1) is 9.97. The van der Waals surface area contributed by atoms with Crippen LogP contribution in [0.1, 0.15) is 27.7 Å². The molecule has 1 aromatic heterocycles. The molecule has 2 aromatic rings. The Labute approximate surface area is 133 Å². The van der Waals surface area contributed by atoms with E-state index in [9.17, 15) is 9.59 Å². The van der Waals surface area contributed by atoms with Crippen molar-refractivity contribution in [3.8, 4) is 0 Å². The van der Waals surface area contributed by atoms with Crippen LogP contribution in [0, 0.1) is 0 Å². The van der Waals surface area contributed by atoms with Gasteiger partial charge in [-0.15, -0.1) is 11.3 Å². The SMILES string of the molecule is Nc1ccc(Br)cc1C(=O)NC(CC(=O)O)c1cccs1. The lowest BCUT2D eigenvalue weighted by atomic mass is 10.1. The number of thiophene rings is 1. The predicted octanol–water partition coefficient (Wildman–Crippen LogP) is 3.04. The maximum atomic E-state index is 12.3. The lowest BCUT2D eigenvalue weighted by Crippen LogP contribution is -2.30. The first kappa shape index (κ1) is 15.5. The fourth-order valence-electron chi connectivity index (χ4n) is 1.85. The summed E-state index contributed by atoms with van der Waals surface area (Å²) in [7, 11) is 0. The number of carboxylic acids is 1. The molecule has 0 aliphatic rings. The molecule has 0 radical (unpaired) electrons. The van der Waals surface area contributed by atoms with E-state index >= 15 is 0 Å². The van der Waals surface area contributed by atoms with Gasteiger partial charge in [0.25, 0.3) is 5.91 Å². The summed E-state index contributed by atoms with van der Waals surface area (Å²) in [5.41, 5.74) is 6.45.